The first-order chi connectivity index (χ1) is 12.5. The number of amides is 1. The summed E-state index contributed by atoms with van der Waals surface area (Å²) in [6.45, 7) is 6.07. The number of anilines is 1. The average molecular weight is 383 g/mol. The second kappa shape index (κ2) is 8.52. The Morgan fingerprint density at radius 3 is 2.42 bits per heavy atom. The van der Waals surface area contributed by atoms with Crippen LogP contribution in [0.3, 0.4) is 0 Å². The normalized spacial score (nSPS) is 10.7. The van der Waals surface area contributed by atoms with E-state index in [2.05, 4.69) is 22.4 Å². The lowest BCUT2D eigenvalue weighted by Gasteiger charge is -2.11. The molecule has 134 valence electrons. The van der Waals surface area contributed by atoms with Gasteiger partial charge in [-0.3, -0.25) is 4.79 Å². The minimum atomic E-state index is 0.0397. The van der Waals surface area contributed by atoms with E-state index in [1.54, 1.807) is 23.1 Å². The lowest BCUT2D eigenvalue weighted by Crippen LogP contribution is -2.15. The summed E-state index contributed by atoms with van der Waals surface area (Å²) in [4.78, 5) is 18.2. The summed E-state index contributed by atoms with van der Waals surface area (Å²) in [5.74, 6) is 1.28. The van der Waals surface area contributed by atoms with Crippen molar-refractivity contribution in [3.05, 3.63) is 70.2 Å². The third-order valence-electron chi connectivity index (χ3n) is 4.13. The quantitative estimate of drug-likeness (QED) is 0.603. The van der Waals surface area contributed by atoms with Crippen molar-refractivity contribution in [3.8, 4) is 10.6 Å². The minimum Gasteiger partial charge on any atom is -0.325 e. The molecule has 0 atom stereocenters. The highest BCUT2D eigenvalue weighted by atomic mass is 32.2. The highest BCUT2D eigenvalue weighted by molar-refractivity contribution is 7.99. The molecule has 0 spiro atoms. The topological polar surface area (TPSA) is 42.0 Å². The Labute approximate surface area is 162 Å². The van der Waals surface area contributed by atoms with E-state index in [-0.39, 0.29) is 5.91 Å². The van der Waals surface area contributed by atoms with Gasteiger partial charge in [0.2, 0.25) is 5.91 Å². The van der Waals surface area contributed by atoms with E-state index in [0.717, 1.165) is 38.8 Å². The molecule has 26 heavy (non-hydrogen) atoms. The van der Waals surface area contributed by atoms with Crippen molar-refractivity contribution < 1.29 is 4.79 Å². The maximum absolute atomic E-state index is 12.3. The van der Waals surface area contributed by atoms with Crippen molar-refractivity contribution in [1.82, 2.24) is 4.98 Å². The number of carbonyl (C=O) groups is 1. The number of hydrogen-bond acceptors (Lipinski definition) is 4. The van der Waals surface area contributed by atoms with Crippen LogP contribution in [0.2, 0.25) is 0 Å². The number of hydrogen-bond donors (Lipinski definition) is 1. The zero-order valence-electron chi connectivity index (χ0n) is 15.2. The van der Waals surface area contributed by atoms with Gasteiger partial charge in [-0.05, 0) is 31.9 Å². The number of benzene rings is 2. The smallest absolute Gasteiger partial charge is 0.234 e. The van der Waals surface area contributed by atoms with Crippen LogP contribution in [0.1, 0.15) is 21.7 Å². The average Bonchev–Trinajstić information content (AvgIpc) is 3.00. The predicted molar refractivity (Wildman–Crippen MR) is 113 cm³/mol. The van der Waals surface area contributed by atoms with E-state index in [9.17, 15) is 4.79 Å². The molecule has 1 heterocycles. The lowest BCUT2D eigenvalue weighted by molar-refractivity contribution is -0.113. The van der Waals surface area contributed by atoms with Crippen LogP contribution in [0, 0.1) is 20.8 Å². The number of aromatic nitrogens is 1. The molecule has 0 saturated heterocycles. The van der Waals surface area contributed by atoms with Crippen molar-refractivity contribution in [2.75, 3.05) is 11.1 Å². The summed E-state index contributed by atoms with van der Waals surface area (Å²) < 4.78 is 0. The zero-order valence-corrected chi connectivity index (χ0v) is 16.8. The number of nitrogens with zero attached hydrogens (tertiary/aromatic N) is 1. The minimum absolute atomic E-state index is 0.0397. The van der Waals surface area contributed by atoms with Crippen molar-refractivity contribution >= 4 is 34.7 Å². The molecule has 2 aromatic carbocycles. The van der Waals surface area contributed by atoms with E-state index in [1.165, 1.54) is 4.88 Å². The molecule has 1 amide bonds. The van der Waals surface area contributed by atoms with Crippen LogP contribution in [0.4, 0.5) is 5.69 Å². The summed E-state index contributed by atoms with van der Waals surface area (Å²) in [7, 11) is 0. The van der Waals surface area contributed by atoms with Gasteiger partial charge < -0.3 is 5.32 Å². The van der Waals surface area contributed by atoms with Gasteiger partial charge >= 0.3 is 0 Å². The maximum Gasteiger partial charge on any atom is 0.234 e. The van der Waals surface area contributed by atoms with Crippen LogP contribution in [0.25, 0.3) is 10.6 Å². The van der Waals surface area contributed by atoms with Gasteiger partial charge in [0.1, 0.15) is 5.01 Å². The Hall–Kier alpha value is -2.11. The van der Waals surface area contributed by atoms with Gasteiger partial charge in [0.15, 0.2) is 0 Å². The number of nitrogens with one attached hydrogen (secondary N) is 1. The highest BCUT2D eigenvalue weighted by Gasteiger charge is 2.11. The summed E-state index contributed by atoms with van der Waals surface area (Å²) in [6, 6.07) is 16.3. The number of thiazole rings is 1. The fourth-order valence-electron chi connectivity index (χ4n) is 2.69. The molecule has 3 nitrogen and oxygen atoms in total. The molecule has 5 heteroatoms. The van der Waals surface area contributed by atoms with E-state index in [0.29, 0.717) is 5.75 Å². The number of rotatable bonds is 6. The Kier molecular flexibility index (Phi) is 6.12. The summed E-state index contributed by atoms with van der Waals surface area (Å²) in [5, 5.41) is 4.08. The number of thioether (sulfide) groups is 1. The number of aryl methyl sites for hydroxylation is 3. The first-order valence-corrected chi connectivity index (χ1v) is 10.5. The second-order valence-corrected chi connectivity index (χ2v) is 8.27. The van der Waals surface area contributed by atoms with Gasteiger partial charge in [0.25, 0.3) is 0 Å². The second-order valence-electron chi connectivity index (χ2n) is 6.20. The molecule has 1 aromatic heterocycles. The van der Waals surface area contributed by atoms with Crippen LogP contribution >= 0.6 is 23.1 Å². The maximum atomic E-state index is 12.3. The molecule has 0 fully saturated rings. The van der Waals surface area contributed by atoms with E-state index in [4.69, 9.17) is 0 Å². The standard InChI is InChI=1S/C21H22N2OS2/c1-14-8-7-9-15(2)20(14)23-19(24)13-25-12-18-16(3)22-21(26-18)17-10-5-4-6-11-17/h4-11H,12-13H2,1-3H3,(H,23,24). The summed E-state index contributed by atoms with van der Waals surface area (Å²) >= 11 is 3.34. The van der Waals surface area contributed by atoms with Crippen molar-refractivity contribution in [3.63, 3.8) is 0 Å². The van der Waals surface area contributed by atoms with E-state index < -0.39 is 0 Å². The highest BCUT2D eigenvalue weighted by Crippen LogP contribution is 2.30. The van der Waals surface area contributed by atoms with Crippen LogP contribution in [0.15, 0.2) is 48.5 Å². The van der Waals surface area contributed by atoms with Crippen LogP contribution in [-0.4, -0.2) is 16.6 Å². The zero-order chi connectivity index (χ0) is 18.5. The molecule has 1 N–H and O–H groups in total. The summed E-state index contributed by atoms with van der Waals surface area (Å²) in [5.41, 5.74) is 5.31. The molecule has 0 aliphatic rings. The third-order valence-corrected chi connectivity index (χ3v) is 6.47. The number of carbonyl (C=O) groups excluding carboxylic acids is 1. The predicted octanol–water partition coefficient (Wildman–Crippen LogP) is 5.61. The fraction of sp³-hybridized carbons (Fsp3) is 0.238. The van der Waals surface area contributed by atoms with Crippen molar-refractivity contribution in [2.24, 2.45) is 0 Å². The molecule has 0 radical (unpaired) electrons. The van der Waals surface area contributed by atoms with Crippen LogP contribution < -0.4 is 5.32 Å². The van der Waals surface area contributed by atoms with Crippen LogP contribution in [-0.2, 0) is 10.5 Å². The van der Waals surface area contributed by atoms with Crippen molar-refractivity contribution in [2.45, 2.75) is 26.5 Å². The summed E-state index contributed by atoms with van der Waals surface area (Å²) in [6.07, 6.45) is 0. The molecule has 0 unspecified atom stereocenters. The van der Waals surface area contributed by atoms with Crippen molar-refractivity contribution in [1.29, 1.82) is 0 Å². The van der Waals surface area contributed by atoms with E-state index in [1.807, 2.05) is 57.2 Å². The van der Waals surface area contributed by atoms with Crippen LogP contribution in [0.5, 0.6) is 0 Å². The van der Waals surface area contributed by atoms with Gasteiger partial charge in [-0.15, -0.1) is 23.1 Å². The Bertz CT molecular complexity index is 883. The third kappa shape index (κ3) is 4.54. The first-order valence-electron chi connectivity index (χ1n) is 8.50. The fourth-order valence-corrected chi connectivity index (χ4v) is 4.79. The molecule has 3 aromatic rings. The molecular formula is C21H22N2OS2. The number of para-hydroxylation sites is 1. The Morgan fingerprint density at radius 2 is 1.73 bits per heavy atom. The molecule has 0 aliphatic heterocycles. The molecule has 3 rings (SSSR count). The monoisotopic (exact) mass is 382 g/mol. The molecule has 0 saturated carbocycles. The lowest BCUT2D eigenvalue weighted by atomic mass is 10.1. The Morgan fingerprint density at radius 1 is 1.04 bits per heavy atom. The van der Waals surface area contributed by atoms with Gasteiger partial charge in [-0.1, -0.05) is 48.5 Å². The largest absolute Gasteiger partial charge is 0.325 e. The molecule has 0 bridgehead atoms. The Balaban J connectivity index is 1.57. The van der Waals surface area contributed by atoms with Gasteiger partial charge in [0.05, 0.1) is 11.4 Å². The SMILES string of the molecule is Cc1cccc(C)c1NC(=O)CSCc1sc(-c2ccccc2)nc1C. The van der Waals surface area contributed by atoms with Gasteiger partial charge in [0, 0.05) is 21.9 Å². The van der Waals surface area contributed by atoms with Gasteiger partial charge in [-0.25, -0.2) is 4.98 Å². The van der Waals surface area contributed by atoms with E-state index >= 15 is 0 Å². The van der Waals surface area contributed by atoms with Gasteiger partial charge in [-0.2, -0.15) is 0 Å². The molecule has 0 aliphatic carbocycles. The first kappa shape index (κ1) is 18.7. The molecular weight excluding hydrogens is 360 g/mol.